The van der Waals surface area contributed by atoms with Crippen molar-refractivity contribution in [3.05, 3.63) is 47.5 Å². The maximum Gasteiger partial charge on any atom is 0.231 e. The minimum atomic E-state index is -0.171. The van der Waals surface area contributed by atoms with E-state index in [1.807, 2.05) is 18.2 Å². The summed E-state index contributed by atoms with van der Waals surface area (Å²) < 4.78 is 27.3. The Bertz CT molecular complexity index is 846. The molecule has 0 bridgehead atoms. The summed E-state index contributed by atoms with van der Waals surface area (Å²) in [5.74, 6) is 2.67. The normalized spacial score (nSPS) is 23.0. The predicted molar refractivity (Wildman–Crippen MR) is 86.3 cm³/mol. The summed E-state index contributed by atoms with van der Waals surface area (Å²) in [5, 5.41) is 0. The fourth-order valence-corrected chi connectivity index (χ4v) is 3.44. The molecule has 25 heavy (non-hydrogen) atoms. The van der Waals surface area contributed by atoms with Gasteiger partial charge in [-0.1, -0.05) is 6.07 Å². The van der Waals surface area contributed by atoms with Crippen molar-refractivity contribution in [2.75, 3.05) is 20.2 Å². The van der Waals surface area contributed by atoms with E-state index in [4.69, 9.17) is 23.7 Å². The van der Waals surface area contributed by atoms with Gasteiger partial charge in [0.15, 0.2) is 28.8 Å². The van der Waals surface area contributed by atoms with E-state index in [1.165, 1.54) is 0 Å². The zero-order valence-electron chi connectivity index (χ0n) is 13.4. The molecule has 6 heteroatoms. The third kappa shape index (κ3) is 2.49. The molecule has 2 unspecified atom stereocenters. The second-order valence-electron chi connectivity index (χ2n) is 6.30. The Labute approximate surface area is 144 Å². The molecule has 128 valence electrons. The zero-order chi connectivity index (χ0) is 16.8. The molecule has 3 heterocycles. The maximum absolute atomic E-state index is 12.8. The van der Waals surface area contributed by atoms with Crippen molar-refractivity contribution in [1.29, 1.82) is 0 Å². The van der Waals surface area contributed by atoms with Gasteiger partial charge in [0.1, 0.15) is 0 Å². The molecule has 1 saturated heterocycles. The minimum absolute atomic E-state index is 0.0709. The third-order valence-corrected chi connectivity index (χ3v) is 4.79. The first-order chi connectivity index (χ1) is 12.3. The van der Waals surface area contributed by atoms with Crippen LogP contribution in [-0.2, 0) is 4.74 Å². The molecule has 0 saturated carbocycles. The van der Waals surface area contributed by atoms with Gasteiger partial charge in [0.25, 0.3) is 0 Å². The van der Waals surface area contributed by atoms with Crippen LogP contribution in [0.1, 0.15) is 28.4 Å². The van der Waals surface area contributed by atoms with Crippen LogP contribution in [0.5, 0.6) is 23.0 Å². The molecular weight excluding hydrogens is 324 g/mol. The lowest BCUT2D eigenvalue weighted by Crippen LogP contribution is -2.14. The van der Waals surface area contributed by atoms with Gasteiger partial charge in [-0.15, -0.1) is 0 Å². The van der Waals surface area contributed by atoms with Gasteiger partial charge in [-0.25, -0.2) is 0 Å². The van der Waals surface area contributed by atoms with Gasteiger partial charge in [0, 0.05) is 11.5 Å². The monoisotopic (exact) mass is 340 g/mol. The van der Waals surface area contributed by atoms with E-state index in [9.17, 15) is 4.79 Å². The Hall–Kier alpha value is -2.73. The Morgan fingerprint density at radius 1 is 0.840 bits per heavy atom. The molecule has 2 aromatic rings. The molecule has 0 aromatic heterocycles. The molecule has 5 rings (SSSR count). The average molecular weight is 340 g/mol. The van der Waals surface area contributed by atoms with Crippen molar-refractivity contribution in [2.24, 2.45) is 5.92 Å². The van der Waals surface area contributed by atoms with E-state index < -0.39 is 0 Å². The number of benzene rings is 2. The van der Waals surface area contributed by atoms with Gasteiger partial charge in [-0.05, 0) is 42.3 Å². The number of carbonyl (C=O) groups excluding carboxylic acids is 1. The number of ether oxygens (including phenoxy) is 5. The van der Waals surface area contributed by atoms with Crippen LogP contribution in [0.3, 0.4) is 0 Å². The number of rotatable bonds is 3. The molecule has 0 spiro atoms. The standard InChI is InChI=1S/C19H16O6/c20-19(12-2-4-15-18(6-12)25-10-23-15)13-7-16(21-8-13)11-1-3-14-17(5-11)24-9-22-14/h1-6,13,16H,7-10H2. The number of ketones is 1. The highest BCUT2D eigenvalue weighted by molar-refractivity contribution is 5.98. The Balaban J connectivity index is 1.32. The van der Waals surface area contributed by atoms with Crippen LogP contribution in [0.25, 0.3) is 0 Å². The first kappa shape index (κ1) is 14.6. The minimum Gasteiger partial charge on any atom is -0.454 e. The summed E-state index contributed by atoms with van der Waals surface area (Å²) in [5.41, 5.74) is 1.63. The summed E-state index contributed by atoms with van der Waals surface area (Å²) in [6.45, 7) is 0.855. The summed E-state index contributed by atoms with van der Waals surface area (Å²) in [6.07, 6.45) is 0.532. The van der Waals surface area contributed by atoms with Crippen LogP contribution in [0.2, 0.25) is 0 Å². The number of hydrogen-bond donors (Lipinski definition) is 0. The van der Waals surface area contributed by atoms with Crippen LogP contribution in [-0.4, -0.2) is 26.0 Å². The topological polar surface area (TPSA) is 63.2 Å². The van der Waals surface area contributed by atoms with E-state index in [-0.39, 0.29) is 31.4 Å². The molecule has 0 amide bonds. The number of Topliss-reactive ketones (excluding diaryl/α,β-unsaturated/α-hetero) is 1. The van der Waals surface area contributed by atoms with Crippen molar-refractivity contribution in [3.63, 3.8) is 0 Å². The second kappa shape index (κ2) is 5.67. The summed E-state index contributed by atoms with van der Waals surface area (Å²) in [4.78, 5) is 12.8. The second-order valence-corrected chi connectivity index (χ2v) is 6.30. The van der Waals surface area contributed by atoms with E-state index in [0.717, 1.165) is 17.1 Å². The molecule has 1 fully saturated rings. The molecule has 0 aliphatic carbocycles. The Kier molecular flexibility index (Phi) is 3.31. The van der Waals surface area contributed by atoms with Crippen molar-refractivity contribution < 1.29 is 28.5 Å². The average Bonchev–Trinajstić information content (AvgIpc) is 3.39. The van der Waals surface area contributed by atoms with Crippen molar-refractivity contribution >= 4 is 5.78 Å². The first-order valence-electron chi connectivity index (χ1n) is 8.23. The van der Waals surface area contributed by atoms with Gasteiger partial charge in [0.05, 0.1) is 12.7 Å². The van der Waals surface area contributed by atoms with E-state index in [1.54, 1.807) is 18.2 Å². The lowest BCUT2D eigenvalue weighted by atomic mass is 9.93. The van der Waals surface area contributed by atoms with Crippen LogP contribution >= 0.6 is 0 Å². The maximum atomic E-state index is 12.8. The highest BCUT2D eigenvalue weighted by atomic mass is 16.7. The van der Waals surface area contributed by atoms with E-state index in [0.29, 0.717) is 30.1 Å². The van der Waals surface area contributed by atoms with Crippen LogP contribution in [0.15, 0.2) is 36.4 Å². The largest absolute Gasteiger partial charge is 0.454 e. The third-order valence-electron chi connectivity index (χ3n) is 4.79. The highest BCUT2D eigenvalue weighted by Gasteiger charge is 2.33. The van der Waals surface area contributed by atoms with Gasteiger partial charge in [-0.3, -0.25) is 4.79 Å². The molecule has 2 atom stereocenters. The fraction of sp³-hybridized carbons (Fsp3) is 0.316. The van der Waals surface area contributed by atoms with Gasteiger partial charge >= 0.3 is 0 Å². The summed E-state index contributed by atoms with van der Waals surface area (Å²) >= 11 is 0. The molecule has 0 N–H and O–H groups in total. The quantitative estimate of drug-likeness (QED) is 0.800. The van der Waals surface area contributed by atoms with Gasteiger partial charge in [0.2, 0.25) is 13.6 Å². The highest BCUT2D eigenvalue weighted by Crippen LogP contribution is 2.40. The van der Waals surface area contributed by atoms with Gasteiger partial charge in [-0.2, -0.15) is 0 Å². The summed E-state index contributed by atoms with van der Waals surface area (Å²) in [7, 11) is 0. The SMILES string of the molecule is O=C(c1ccc2c(c1)OCO2)C1COC(c2ccc3c(c2)OCO3)C1. The number of fused-ring (bicyclic) bond motifs is 2. The van der Waals surface area contributed by atoms with Crippen molar-refractivity contribution in [2.45, 2.75) is 12.5 Å². The summed E-state index contributed by atoms with van der Waals surface area (Å²) in [6, 6.07) is 11.1. The fourth-order valence-electron chi connectivity index (χ4n) is 3.44. The van der Waals surface area contributed by atoms with Crippen LogP contribution in [0, 0.1) is 5.92 Å². The lowest BCUT2D eigenvalue weighted by Gasteiger charge is -2.11. The molecule has 0 radical (unpaired) electrons. The van der Waals surface area contributed by atoms with Crippen molar-refractivity contribution in [3.8, 4) is 23.0 Å². The predicted octanol–water partition coefficient (Wildman–Crippen LogP) is 3.10. The first-order valence-corrected chi connectivity index (χ1v) is 8.23. The van der Waals surface area contributed by atoms with Crippen molar-refractivity contribution in [1.82, 2.24) is 0 Å². The molecular formula is C19H16O6. The lowest BCUT2D eigenvalue weighted by molar-refractivity contribution is 0.0859. The number of carbonyl (C=O) groups is 1. The van der Waals surface area contributed by atoms with Gasteiger partial charge < -0.3 is 23.7 Å². The molecule has 3 aliphatic heterocycles. The molecule has 2 aromatic carbocycles. The Morgan fingerprint density at radius 2 is 1.52 bits per heavy atom. The van der Waals surface area contributed by atoms with Crippen LogP contribution < -0.4 is 18.9 Å². The van der Waals surface area contributed by atoms with E-state index in [2.05, 4.69) is 0 Å². The van der Waals surface area contributed by atoms with E-state index >= 15 is 0 Å². The smallest absolute Gasteiger partial charge is 0.231 e. The Morgan fingerprint density at radius 3 is 2.32 bits per heavy atom. The number of hydrogen-bond acceptors (Lipinski definition) is 6. The van der Waals surface area contributed by atoms with Crippen LogP contribution in [0.4, 0.5) is 0 Å². The zero-order valence-corrected chi connectivity index (χ0v) is 13.4. The molecule has 6 nitrogen and oxygen atoms in total. The molecule has 3 aliphatic rings.